The second kappa shape index (κ2) is 9.29. The van der Waals surface area contributed by atoms with Gasteiger partial charge in [0.2, 0.25) is 5.91 Å². The minimum atomic E-state index is -0.672. The van der Waals surface area contributed by atoms with Crippen molar-refractivity contribution in [3.05, 3.63) is 30.3 Å². The first-order valence-corrected chi connectivity index (χ1v) is 8.72. The SMILES string of the molecule is CN(CCOc1ccccc1)CC(=O)NC1(C#N)CCCCCC1. The van der Waals surface area contributed by atoms with Crippen LogP contribution in [0, 0.1) is 11.3 Å². The molecule has 0 aliphatic heterocycles. The summed E-state index contributed by atoms with van der Waals surface area (Å²) >= 11 is 0. The molecule has 130 valence electrons. The molecule has 1 aliphatic carbocycles. The maximum absolute atomic E-state index is 12.3. The number of nitrogens with one attached hydrogen (secondary N) is 1. The highest BCUT2D eigenvalue weighted by Crippen LogP contribution is 2.26. The Kier molecular flexibility index (Phi) is 7.07. The third-order valence-corrected chi connectivity index (χ3v) is 4.45. The third kappa shape index (κ3) is 5.86. The number of hydrogen-bond acceptors (Lipinski definition) is 4. The second-order valence-electron chi connectivity index (χ2n) is 6.56. The summed E-state index contributed by atoms with van der Waals surface area (Å²) in [5.41, 5.74) is -0.672. The summed E-state index contributed by atoms with van der Waals surface area (Å²) in [5.74, 6) is 0.748. The van der Waals surface area contributed by atoms with Gasteiger partial charge in [-0.15, -0.1) is 0 Å². The van der Waals surface area contributed by atoms with Crippen molar-refractivity contribution in [2.24, 2.45) is 0 Å². The van der Waals surface area contributed by atoms with E-state index in [1.54, 1.807) is 0 Å². The molecule has 1 saturated carbocycles. The van der Waals surface area contributed by atoms with Gasteiger partial charge in [-0.1, -0.05) is 43.9 Å². The zero-order chi connectivity index (χ0) is 17.3. The Morgan fingerprint density at radius 3 is 2.54 bits per heavy atom. The molecular formula is C19H27N3O2. The average Bonchev–Trinajstić information content (AvgIpc) is 2.81. The van der Waals surface area contributed by atoms with Gasteiger partial charge in [0.25, 0.3) is 0 Å². The quantitative estimate of drug-likeness (QED) is 0.781. The molecule has 0 atom stereocenters. The number of para-hydroxylation sites is 1. The van der Waals surface area contributed by atoms with Crippen molar-refractivity contribution in [1.29, 1.82) is 5.26 Å². The summed E-state index contributed by atoms with van der Waals surface area (Å²) in [6.07, 6.45) is 5.83. The Morgan fingerprint density at radius 2 is 1.92 bits per heavy atom. The highest BCUT2D eigenvalue weighted by Gasteiger charge is 2.32. The van der Waals surface area contributed by atoms with E-state index in [1.165, 1.54) is 0 Å². The maximum atomic E-state index is 12.3. The van der Waals surface area contributed by atoms with E-state index in [-0.39, 0.29) is 12.5 Å². The molecule has 24 heavy (non-hydrogen) atoms. The van der Waals surface area contributed by atoms with E-state index in [2.05, 4.69) is 11.4 Å². The predicted octanol–water partition coefficient (Wildman–Crippen LogP) is 2.73. The Bertz CT molecular complexity index is 545. The van der Waals surface area contributed by atoms with Crippen molar-refractivity contribution in [2.75, 3.05) is 26.7 Å². The number of carbonyl (C=O) groups excluding carboxylic acids is 1. The number of ether oxygens (including phenoxy) is 1. The highest BCUT2D eigenvalue weighted by atomic mass is 16.5. The Balaban J connectivity index is 1.73. The van der Waals surface area contributed by atoms with Crippen molar-refractivity contribution in [1.82, 2.24) is 10.2 Å². The third-order valence-electron chi connectivity index (χ3n) is 4.45. The fraction of sp³-hybridized carbons (Fsp3) is 0.579. The summed E-state index contributed by atoms with van der Waals surface area (Å²) in [7, 11) is 1.89. The lowest BCUT2D eigenvalue weighted by molar-refractivity contribution is -0.123. The van der Waals surface area contributed by atoms with Gasteiger partial charge in [0.05, 0.1) is 12.6 Å². The van der Waals surface area contributed by atoms with Crippen LogP contribution in [-0.4, -0.2) is 43.1 Å². The van der Waals surface area contributed by atoms with Crippen LogP contribution < -0.4 is 10.1 Å². The van der Waals surface area contributed by atoms with E-state index in [0.29, 0.717) is 13.2 Å². The summed E-state index contributed by atoms with van der Waals surface area (Å²) in [6.45, 7) is 1.46. The average molecular weight is 329 g/mol. The predicted molar refractivity (Wildman–Crippen MR) is 93.6 cm³/mol. The Morgan fingerprint density at radius 1 is 1.25 bits per heavy atom. The number of rotatable bonds is 7. The van der Waals surface area contributed by atoms with Crippen molar-refractivity contribution in [3.8, 4) is 11.8 Å². The number of nitrogens with zero attached hydrogens (tertiary/aromatic N) is 2. The fourth-order valence-corrected chi connectivity index (χ4v) is 3.06. The smallest absolute Gasteiger partial charge is 0.235 e. The number of benzene rings is 1. The summed E-state index contributed by atoms with van der Waals surface area (Å²) in [5, 5.41) is 12.5. The van der Waals surface area contributed by atoms with E-state index >= 15 is 0 Å². The lowest BCUT2D eigenvalue weighted by Gasteiger charge is -2.27. The van der Waals surface area contributed by atoms with E-state index < -0.39 is 5.54 Å². The van der Waals surface area contributed by atoms with E-state index in [9.17, 15) is 10.1 Å². The molecule has 1 aromatic carbocycles. The van der Waals surface area contributed by atoms with Crippen LogP contribution in [0.5, 0.6) is 5.75 Å². The van der Waals surface area contributed by atoms with Crippen molar-refractivity contribution in [2.45, 2.75) is 44.1 Å². The molecule has 1 fully saturated rings. The van der Waals surface area contributed by atoms with Gasteiger partial charge in [-0.3, -0.25) is 9.69 Å². The summed E-state index contributed by atoms with van der Waals surface area (Å²) < 4.78 is 5.64. The molecule has 0 bridgehead atoms. The number of likely N-dealkylation sites (N-methyl/N-ethyl adjacent to an activating group) is 1. The molecule has 1 aliphatic rings. The molecule has 0 saturated heterocycles. The first kappa shape index (κ1) is 18.3. The van der Waals surface area contributed by atoms with Gasteiger partial charge in [0.15, 0.2) is 0 Å². The van der Waals surface area contributed by atoms with Gasteiger partial charge in [-0.05, 0) is 32.0 Å². The zero-order valence-corrected chi connectivity index (χ0v) is 14.5. The monoisotopic (exact) mass is 329 g/mol. The Labute approximate surface area is 144 Å². The fourth-order valence-electron chi connectivity index (χ4n) is 3.06. The molecule has 5 heteroatoms. The van der Waals surface area contributed by atoms with Crippen LogP contribution in [0.2, 0.25) is 0 Å². The number of amides is 1. The molecule has 1 aromatic rings. The van der Waals surface area contributed by atoms with E-state index in [4.69, 9.17) is 4.74 Å². The lowest BCUT2D eigenvalue weighted by Crippen LogP contribution is -2.50. The van der Waals surface area contributed by atoms with Gasteiger partial charge in [0.1, 0.15) is 17.9 Å². The van der Waals surface area contributed by atoms with Crippen LogP contribution in [0.1, 0.15) is 38.5 Å². The summed E-state index contributed by atoms with van der Waals surface area (Å²) in [4.78, 5) is 14.2. The molecule has 1 amide bonds. The topological polar surface area (TPSA) is 65.4 Å². The maximum Gasteiger partial charge on any atom is 0.235 e. The molecule has 0 aromatic heterocycles. The van der Waals surface area contributed by atoms with Gasteiger partial charge in [-0.25, -0.2) is 0 Å². The molecule has 0 unspecified atom stereocenters. The minimum absolute atomic E-state index is 0.0827. The van der Waals surface area contributed by atoms with Gasteiger partial charge >= 0.3 is 0 Å². The number of carbonyl (C=O) groups is 1. The number of hydrogen-bond donors (Lipinski definition) is 1. The Hall–Kier alpha value is -2.06. The van der Waals surface area contributed by atoms with Crippen molar-refractivity contribution in [3.63, 3.8) is 0 Å². The van der Waals surface area contributed by atoms with E-state index in [0.717, 1.165) is 44.3 Å². The highest BCUT2D eigenvalue weighted by molar-refractivity contribution is 5.79. The van der Waals surface area contributed by atoms with Gasteiger partial charge in [0, 0.05) is 6.54 Å². The van der Waals surface area contributed by atoms with Crippen LogP contribution in [-0.2, 0) is 4.79 Å². The van der Waals surface area contributed by atoms with Crippen LogP contribution >= 0.6 is 0 Å². The second-order valence-corrected chi connectivity index (χ2v) is 6.56. The minimum Gasteiger partial charge on any atom is -0.492 e. The molecule has 1 N–H and O–H groups in total. The number of nitriles is 1. The first-order valence-electron chi connectivity index (χ1n) is 8.72. The molecule has 2 rings (SSSR count). The lowest BCUT2D eigenvalue weighted by atomic mass is 9.92. The van der Waals surface area contributed by atoms with Crippen LogP contribution in [0.4, 0.5) is 0 Å². The molecule has 0 heterocycles. The normalized spacial score (nSPS) is 16.9. The van der Waals surface area contributed by atoms with Crippen LogP contribution in [0.15, 0.2) is 30.3 Å². The van der Waals surface area contributed by atoms with Gasteiger partial charge < -0.3 is 10.1 Å². The van der Waals surface area contributed by atoms with Crippen LogP contribution in [0.25, 0.3) is 0 Å². The molecule has 0 radical (unpaired) electrons. The van der Waals surface area contributed by atoms with Gasteiger partial charge in [-0.2, -0.15) is 5.26 Å². The summed E-state index contributed by atoms with van der Waals surface area (Å²) in [6, 6.07) is 12.0. The zero-order valence-electron chi connectivity index (χ0n) is 14.5. The standard InChI is InChI=1S/C19H27N3O2/c1-22(13-14-24-17-9-5-4-6-10-17)15-18(23)21-19(16-20)11-7-2-3-8-12-19/h4-6,9-10H,2-3,7-8,11-15H2,1H3,(H,21,23). The first-order chi connectivity index (χ1) is 11.6. The molecule has 5 nitrogen and oxygen atoms in total. The van der Waals surface area contributed by atoms with Crippen molar-refractivity contribution < 1.29 is 9.53 Å². The molecule has 0 spiro atoms. The largest absolute Gasteiger partial charge is 0.492 e. The van der Waals surface area contributed by atoms with E-state index in [1.807, 2.05) is 42.3 Å². The molecular weight excluding hydrogens is 302 g/mol. The van der Waals surface area contributed by atoms with Crippen molar-refractivity contribution >= 4 is 5.91 Å². The van der Waals surface area contributed by atoms with Crippen LogP contribution in [0.3, 0.4) is 0 Å².